The van der Waals surface area contributed by atoms with E-state index in [9.17, 15) is 0 Å². The van der Waals surface area contributed by atoms with Crippen molar-refractivity contribution in [3.8, 4) is 11.3 Å². The number of hydrogen-bond donors (Lipinski definition) is 1. The minimum absolute atomic E-state index is 0.449. The molecular formula is C15H18ClN3. The standard InChI is InChI=1S/C15H18ClN3/c16-13-9-5-4-8-12(13)14-10-15(17)19(18-14)11-6-2-1-3-7-11/h4-5,8-11H,1-3,6-7,17H2. The lowest BCUT2D eigenvalue weighted by atomic mass is 9.96. The van der Waals surface area contributed by atoms with Crippen LogP contribution in [0.3, 0.4) is 0 Å². The highest BCUT2D eigenvalue weighted by molar-refractivity contribution is 6.33. The first-order chi connectivity index (χ1) is 9.25. The third-order valence-corrected chi connectivity index (χ3v) is 4.16. The summed E-state index contributed by atoms with van der Waals surface area (Å²) in [5, 5.41) is 5.39. The van der Waals surface area contributed by atoms with Gasteiger partial charge in [0.25, 0.3) is 0 Å². The first-order valence-corrected chi connectivity index (χ1v) is 7.23. The van der Waals surface area contributed by atoms with Gasteiger partial charge in [-0.2, -0.15) is 5.10 Å². The van der Waals surface area contributed by atoms with Crippen LogP contribution in [0.1, 0.15) is 38.1 Å². The summed E-state index contributed by atoms with van der Waals surface area (Å²) in [6.45, 7) is 0. The van der Waals surface area contributed by atoms with Crippen molar-refractivity contribution in [2.45, 2.75) is 38.1 Å². The van der Waals surface area contributed by atoms with Gasteiger partial charge in [-0.1, -0.05) is 49.1 Å². The third-order valence-electron chi connectivity index (χ3n) is 3.83. The van der Waals surface area contributed by atoms with Crippen molar-refractivity contribution in [3.63, 3.8) is 0 Å². The van der Waals surface area contributed by atoms with Crippen LogP contribution in [0.2, 0.25) is 5.02 Å². The lowest BCUT2D eigenvalue weighted by Crippen LogP contribution is -2.16. The zero-order chi connectivity index (χ0) is 13.2. The highest BCUT2D eigenvalue weighted by Gasteiger charge is 2.19. The van der Waals surface area contributed by atoms with Crippen LogP contribution >= 0.6 is 11.6 Å². The van der Waals surface area contributed by atoms with Gasteiger partial charge in [-0.25, -0.2) is 4.68 Å². The molecule has 2 aromatic rings. The molecule has 3 rings (SSSR count). The van der Waals surface area contributed by atoms with Crippen molar-refractivity contribution in [1.82, 2.24) is 9.78 Å². The Hall–Kier alpha value is -1.48. The molecule has 100 valence electrons. The number of nitrogens with two attached hydrogens (primary N) is 1. The molecule has 0 radical (unpaired) electrons. The smallest absolute Gasteiger partial charge is 0.122 e. The van der Waals surface area contributed by atoms with Gasteiger partial charge in [0.15, 0.2) is 0 Å². The molecule has 1 fully saturated rings. The summed E-state index contributed by atoms with van der Waals surface area (Å²) in [7, 11) is 0. The minimum Gasteiger partial charge on any atom is -0.384 e. The summed E-state index contributed by atoms with van der Waals surface area (Å²) in [5.41, 5.74) is 7.94. The van der Waals surface area contributed by atoms with Crippen LogP contribution in [0.15, 0.2) is 30.3 Å². The number of anilines is 1. The molecule has 0 spiro atoms. The number of nitrogen functional groups attached to an aromatic ring is 1. The molecule has 0 aliphatic heterocycles. The monoisotopic (exact) mass is 275 g/mol. The molecule has 1 aliphatic rings. The Balaban J connectivity index is 1.95. The van der Waals surface area contributed by atoms with Gasteiger partial charge in [0.05, 0.1) is 16.8 Å². The zero-order valence-corrected chi connectivity index (χ0v) is 11.6. The Morgan fingerprint density at radius 3 is 2.63 bits per heavy atom. The van der Waals surface area contributed by atoms with E-state index in [-0.39, 0.29) is 0 Å². The predicted octanol–water partition coefficient (Wildman–Crippen LogP) is 4.29. The van der Waals surface area contributed by atoms with Crippen LogP contribution in [0.5, 0.6) is 0 Å². The Bertz CT molecular complexity index is 571. The van der Waals surface area contributed by atoms with Crippen LogP contribution in [0.25, 0.3) is 11.3 Å². The van der Waals surface area contributed by atoms with E-state index in [4.69, 9.17) is 17.3 Å². The second kappa shape index (κ2) is 5.25. The SMILES string of the molecule is Nc1cc(-c2ccccc2Cl)nn1C1CCCCC1. The van der Waals surface area contributed by atoms with Crippen LogP contribution in [0, 0.1) is 0 Å². The summed E-state index contributed by atoms with van der Waals surface area (Å²) in [5.74, 6) is 0.738. The van der Waals surface area contributed by atoms with Crippen LogP contribution in [-0.4, -0.2) is 9.78 Å². The van der Waals surface area contributed by atoms with E-state index >= 15 is 0 Å². The lowest BCUT2D eigenvalue weighted by molar-refractivity contribution is 0.333. The Morgan fingerprint density at radius 2 is 1.89 bits per heavy atom. The van der Waals surface area contributed by atoms with E-state index in [1.54, 1.807) is 0 Å². The van der Waals surface area contributed by atoms with Crippen molar-refractivity contribution in [2.24, 2.45) is 0 Å². The molecule has 19 heavy (non-hydrogen) atoms. The maximum Gasteiger partial charge on any atom is 0.122 e. The summed E-state index contributed by atoms with van der Waals surface area (Å²) in [6, 6.07) is 10.1. The Morgan fingerprint density at radius 1 is 1.16 bits per heavy atom. The van der Waals surface area contributed by atoms with E-state index in [1.165, 1.54) is 32.1 Å². The van der Waals surface area contributed by atoms with Crippen LogP contribution in [0.4, 0.5) is 5.82 Å². The molecule has 3 nitrogen and oxygen atoms in total. The molecule has 2 N–H and O–H groups in total. The van der Waals surface area contributed by atoms with Crippen LogP contribution in [-0.2, 0) is 0 Å². The maximum atomic E-state index is 6.22. The van der Waals surface area contributed by atoms with Gasteiger partial charge in [0.2, 0.25) is 0 Å². The topological polar surface area (TPSA) is 43.8 Å². The quantitative estimate of drug-likeness (QED) is 0.888. The third kappa shape index (κ3) is 2.47. The fourth-order valence-corrected chi connectivity index (χ4v) is 3.06. The molecule has 4 heteroatoms. The van der Waals surface area contributed by atoms with Crippen molar-refractivity contribution >= 4 is 17.4 Å². The van der Waals surface area contributed by atoms with E-state index < -0.39 is 0 Å². The van der Waals surface area contributed by atoms with E-state index in [0.29, 0.717) is 6.04 Å². The number of aromatic nitrogens is 2. The summed E-state index contributed by atoms with van der Waals surface area (Å²) in [4.78, 5) is 0. The molecule has 0 amide bonds. The van der Waals surface area contributed by atoms with Gasteiger partial charge in [-0.3, -0.25) is 0 Å². The van der Waals surface area contributed by atoms with Crippen LogP contribution < -0.4 is 5.73 Å². The minimum atomic E-state index is 0.449. The summed E-state index contributed by atoms with van der Waals surface area (Å²) in [6.07, 6.45) is 6.22. The maximum absolute atomic E-state index is 6.22. The molecule has 0 bridgehead atoms. The highest BCUT2D eigenvalue weighted by Crippen LogP contribution is 2.33. The number of hydrogen-bond acceptors (Lipinski definition) is 2. The first-order valence-electron chi connectivity index (χ1n) is 6.85. The molecule has 1 saturated carbocycles. The number of benzene rings is 1. The molecular weight excluding hydrogens is 258 g/mol. The van der Waals surface area contributed by atoms with E-state index in [2.05, 4.69) is 5.10 Å². The number of halogens is 1. The van der Waals surface area contributed by atoms with Gasteiger partial charge in [-0.05, 0) is 18.9 Å². The van der Waals surface area contributed by atoms with Crippen molar-refractivity contribution in [3.05, 3.63) is 35.4 Å². The van der Waals surface area contributed by atoms with Gasteiger partial charge in [0, 0.05) is 11.6 Å². The largest absolute Gasteiger partial charge is 0.384 e. The number of rotatable bonds is 2. The molecule has 0 unspecified atom stereocenters. The van der Waals surface area contributed by atoms with Crippen molar-refractivity contribution in [2.75, 3.05) is 5.73 Å². The van der Waals surface area contributed by atoms with Gasteiger partial charge in [-0.15, -0.1) is 0 Å². The molecule has 1 aromatic carbocycles. The second-order valence-corrected chi connectivity index (χ2v) is 5.58. The summed E-state index contributed by atoms with van der Waals surface area (Å²) >= 11 is 6.22. The molecule has 1 aliphatic carbocycles. The summed E-state index contributed by atoms with van der Waals surface area (Å²) < 4.78 is 1.98. The molecule has 1 heterocycles. The fraction of sp³-hybridized carbons (Fsp3) is 0.400. The Labute approximate surface area is 118 Å². The molecule has 0 atom stereocenters. The molecule has 0 saturated heterocycles. The Kier molecular flexibility index (Phi) is 3.47. The van der Waals surface area contributed by atoms with Crippen molar-refractivity contribution in [1.29, 1.82) is 0 Å². The first kappa shape index (κ1) is 12.5. The van der Waals surface area contributed by atoms with E-state index in [1.807, 2.05) is 35.0 Å². The van der Waals surface area contributed by atoms with E-state index in [0.717, 1.165) is 22.1 Å². The van der Waals surface area contributed by atoms with Gasteiger partial charge >= 0.3 is 0 Å². The highest BCUT2D eigenvalue weighted by atomic mass is 35.5. The predicted molar refractivity (Wildman–Crippen MR) is 79.2 cm³/mol. The lowest BCUT2D eigenvalue weighted by Gasteiger charge is -2.22. The van der Waals surface area contributed by atoms with Gasteiger partial charge in [0.1, 0.15) is 5.82 Å². The molecule has 1 aromatic heterocycles. The average molecular weight is 276 g/mol. The van der Waals surface area contributed by atoms with Crippen molar-refractivity contribution < 1.29 is 0 Å². The fourth-order valence-electron chi connectivity index (χ4n) is 2.83. The number of nitrogens with zero attached hydrogens (tertiary/aromatic N) is 2. The zero-order valence-electron chi connectivity index (χ0n) is 10.8. The second-order valence-electron chi connectivity index (χ2n) is 5.17. The average Bonchev–Trinajstić information content (AvgIpc) is 2.82. The normalized spacial score (nSPS) is 16.7. The van der Waals surface area contributed by atoms with Gasteiger partial charge < -0.3 is 5.73 Å².